The summed E-state index contributed by atoms with van der Waals surface area (Å²) in [4.78, 5) is 116. The molecule has 121 heavy (non-hydrogen) atoms. The summed E-state index contributed by atoms with van der Waals surface area (Å²) in [6.07, 6.45) is -13.2. The van der Waals surface area contributed by atoms with Crippen LogP contribution in [0, 0.1) is 5.92 Å². The normalized spacial score (nSPS) is 23.6. The summed E-state index contributed by atoms with van der Waals surface area (Å²) in [5.41, 5.74) is 0. The van der Waals surface area contributed by atoms with Crippen LogP contribution in [-0.2, 0) is 105 Å². The zero-order valence-electron chi connectivity index (χ0n) is 69.8. The van der Waals surface area contributed by atoms with Crippen molar-refractivity contribution in [3.63, 3.8) is 0 Å². The minimum absolute atomic E-state index is 0.0251. The van der Waals surface area contributed by atoms with Gasteiger partial charge in [-0.15, -0.1) is 0 Å². The van der Waals surface area contributed by atoms with Crippen LogP contribution >= 0.6 is 0 Å². The predicted octanol–water partition coefficient (Wildman–Crippen LogP) is -7.84. The first-order valence-electron chi connectivity index (χ1n) is 42.1. The highest BCUT2D eigenvalue weighted by atomic mass is 16.7. The van der Waals surface area contributed by atoms with Crippen LogP contribution in [0.15, 0.2) is 0 Å². The van der Waals surface area contributed by atoms with Crippen molar-refractivity contribution in [2.75, 3.05) is 185 Å². The van der Waals surface area contributed by atoms with Crippen molar-refractivity contribution < 1.29 is 171 Å². The fourth-order valence-electron chi connectivity index (χ4n) is 12.5. The highest BCUT2D eigenvalue weighted by Gasteiger charge is 2.46. The molecular formula is C77H141N9O35. The van der Waals surface area contributed by atoms with Gasteiger partial charge < -0.3 is 176 Å². The van der Waals surface area contributed by atoms with Crippen molar-refractivity contribution in [2.45, 2.75) is 245 Å². The molecule has 0 saturated carbocycles. The summed E-state index contributed by atoms with van der Waals surface area (Å²) >= 11 is 0. The molecule has 44 nitrogen and oxygen atoms in total. The van der Waals surface area contributed by atoms with Crippen LogP contribution in [0.1, 0.15) is 141 Å². The van der Waals surface area contributed by atoms with Crippen molar-refractivity contribution in [3.05, 3.63) is 0 Å². The Morgan fingerprint density at radius 1 is 0.298 bits per heavy atom. The second-order valence-electron chi connectivity index (χ2n) is 29.6. The van der Waals surface area contributed by atoms with E-state index in [0.29, 0.717) is 103 Å². The van der Waals surface area contributed by atoms with Gasteiger partial charge in [-0.05, 0) is 96.3 Å². The number of unbranched alkanes of at least 4 members (excludes halogenated alkanes) is 6. The average Bonchev–Trinajstić information content (AvgIpc) is 0.831. The molecule has 18 atom stereocenters. The monoisotopic (exact) mass is 1750 g/mol. The van der Waals surface area contributed by atoms with Gasteiger partial charge in [0.15, 0.2) is 18.9 Å². The van der Waals surface area contributed by atoms with E-state index in [2.05, 4.69) is 47.9 Å². The molecule has 9 amide bonds. The number of hydrogen-bond donors (Lipinski definition) is 22. The number of ether oxygens (including phenoxy) is 13. The Balaban J connectivity index is 1.43. The average molecular weight is 1750 g/mol. The molecule has 3 aliphatic heterocycles. The summed E-state index contributed by atoms with van der Waals surface area (Å²) in [5.74, 6) is -3.13. The lowest BCUT2D eigenvalue weighted by Gasteiger charge is -2.39. The smallest absolute Gasteiger partial charge is 0.245 e. The van der Waals surface area contributed by atoms with Gasteiger partial charge in [0.2, 0.25) is 53.2 Å². The molecule has 0 aromatic carbocycles. The van der Waals surface area contributed by atoms with Crippen LogP contribution in [-0.4, -0.2) is 409 Å². The molecule has 22 N–H and O–H groups in total. The molecule has 0 aliphatic carbocycles. The van der Waals surface area contributed by atoms with Gasteiger partial charge in [-0.25, -0.2) is 0 Å². The second-order valence-corrected chi connectivity index (χ2v) is 29.6. The number of aliphatic hydroxyl groups is 13. The van der Waals surface area contributed by atoms with Crippen LogP contribution in [0.3, 0.4) is 0 Å². The van der Waals surface area contributed by atoms with E-state index >= 15 is 0 Å². The van der Waals surface area contributed by atoms with Crippen molar-refractivity contribution in [2.24, 2.45) is 5.92 Å². The molecule has 44 heteroatoms. The van der Waals surface area contributed by atoms with Crippen molar-refractivity contribution >= 4 is 53.2 Å². The highest BCUT2D eigenvalue weighted by Crippen LogP contribution is 2.25. The first-order chi connectivity index (χ1) is 58.3. The van der Waals surface area contributed by atoms with E-state index in [1.165, 1.54) is 0 Å². The lowest BCUT2D eigenvalue weighted by molar-refractivity contribution is -0.301. The molecule has 0 bridgehead atoms. The first-order valence-corrected chi connectivity index (χ1v) is 42.1. The van der Waals surface area contributed by atoms with Crippen LogP contribution in [0.5, 0.6) is 0 Å². The van der Waals surface area contributed by atoms with Crippen molar-refractivity contribution in [1.29, 1.82) is 0 Å². The molecule has 3 fully saturated rings. The molecule has 3 rings (SSSR count). The van der Waals surface area contributed by atoms with Gasteiger partial charge in [0.1, 0.15) is 93.1 Å². The summed E-state index contributed by atoms with van der Waals surface area (Å²) in [6, 6.07) is -1.35. The first kappa shape index (κ1) is 109. The van der Waals surface area contributed by atoms with Gasteiger partial charge in [-0.3, -0.25) is 43.2 Å². The van der Waals surface area contributed by atoms with Crippen LogP contribution in [0.4, 0.5) is 0 Å². The Morgan fingerprint density at radius 2 is 0.603 bits per heavy atom. The lowest BCUT2D eigenvalue weighted by atomic mass is 9.99. The largest absolute Gasteiger partial charge is 0.396 e. The van der Waals surface area contributed by atoms with Crippen molar-refractivity contribution in [3.8, 4) is 0 Å². The summed E-state index contributed by atoms with van der Waals surface area (Å²) in [6.45, 7) is 0.863. The zero-order valence-corrected chi connectivity index (χ0v) is 69.8. The third kappa shape index (κ3) is 50.2. The SMILES string of the molecule is COCC(CO)CCCCNC(=O)C[C@H](CCCCNC(=O)COCCOCCNC(=O)CCCCO[C@@H]1OC(CO)[C@@H](O)[C@H](O)C1O)NC(=O)C[C@H](CCCCNC(=O)COCCOCCNC(=O)CCCCO[C@@H]1OC(CO)[C@@H](O)[C@H](O)C1O)NC(=O)CCCNC(=O)COCCOCCNC(=O)CCCCO[C@@H]1OC(CO)[C@@H](O)[C@H](O)C1O. The van der Waals surface area contributed by atoms with E-state index in [9.17, 15) is 110 Å². The molecular weight excluding hydrogens is 1610 g/mol. The predicted molar refractivity (Wildman–Crippen MR) is 423 cm³/mol. The summed E-state index contributed by atoms with van der Waals surface area (Å²) in [7, 11) is 1.56. The summed E-state index contributed by atoms with van der Waals surface area (Å²) in [5, 5.41) is 153. The van der Waals surface area contributed by atoms with Gasteiger partial charge in [0.05, 0.1) is 85.9 Å². The van der Waals surface area contributed by atoms with E-state index in [0.717, 1.165) is 6.42 Å². The van der Waals surface area contributed by atoms with E-state index in [-0.39, 0.29) is 225 Å². The number of amides is 9. The highest BCUT2D eigenvalue weighted by molar-refractivity contribution is 5.82. The number of methoxy groups -OCH3 is 1. The molecule has 3 aliphatic rings. The van der Waals surface area contributed by atoms with Crippen LogP contribution in [0.2, 0.25) is 0 Å². The number of nitrogens with one attached hydrogen (secondary N) is 9. The van der Waals surface area contributed by atoms with Gasteiger partial charge in [0.25, 0.3) is 0 Å². The molecule has 7 unspecified atom stereocenters. The maximum absolute atomic E-state index is 14.0. The Morgan fingerprint density at radius 3 is 0.950 bits per heavy atom. The van der Waals surface area contributed by atoms with E-state index in [1.807, 2.05) is 0 Å². The maximum Gasteiger partial charge on any atom is 0.245 e. The Hall–Kier alpha value is -5.81. The van der Waals surface area contributed by atoms with E-state index < -0.39 is 148 Å². The van der Waals surface area contributed by atoms with Gasteiger partial charge in [-0.2, -0.15) is 0 Å². The Bertz CT molecular complexity index is 2780. The van der Waals surface area contributed by atoms with E-state index in [4.69, 9.17) is 61.6 Å². The molecule has 3 saturated heterocycles. The maximum atomic E-state index is 14.0. The molecule has 0 aromatic rings. The standard InChI is InChI=1S/C77H141N9O35/c1-109-47-51(43-87)15-2-8-22-78-61(95)41-52(16-3-9-23-79-63(97)48-113-38-35-110-32-26-82-57(91)18-5-11-29-116-75-72(106)69(103)66(100)54(44-88)119-75)86-62(96)42-53(17-4-10-24-80-64(98)49-114-39-36-111-33-27-83-58(92)19-6-12-30-117-76-73(107)70(104)67(101)55(45-89)120-76)85-60(94)21-14-25-81-65(99)50-115-40-37-112-34-28-84-59(93)20-7-13-31-118-77-74(108)71(105)68(102)56(46-90)121-77/h51-56,66-77,87-90,100-108H,2-50H2,1H3,(H,78,95)(H,79,97)(H,80,98)(H,81,99)(H,82,91)(H,83,92)(H,84,93)(H,85,94)(H,86,96)/t51?,52-,53-,54?,55?,56?,66+,67+,68+,69-,70-,71-,72?,73?,74?,75+,76+,77+/m0/s1. The number of carbonyl (C=O) groups is 9. The second kappa shape index (κ2) is 68.5. The van der Waals surface area contributed by atoms with E-state index in [1.54, 1.807) is 7.11 Å². The lowest BCUT2D eigenvalue weighted by Crippen LogP contribution is -2.59. The third-order valence-corrected chi connectivity index (χ3v) is 19.4. The van der Waals surface area contributed by atoms with Gasteiger partial charge in [-0.1, -0.05) is 6.42 Å². The number of rotatable bonds is 73. The molecule has 0 aromatic heterocycles. The zero-order chi connectivity index (χ0) is 88.8. The molecule has 3 heterocycles. The summed E-state index contributed by atoms with van der Waals surface area (Å²) < 4.78 is 70.2. The minimum atomic E-state index is -1.56. The topological polar surface area (TPSA) is 645 Å². The number of aliphatic hydroxyl groups excluding tert-OH is 13. The Labute approximate surface area is 706 Å². The third-order valence-electron chi connectivity index (χ3n) is 19.4. The van der Waals surface area contributed by atoms with Crippen LogP contribution < -0.4 is 47.9 Å². The van der Waals surface area contributed by atoms with Crippen molar-refractivity contribution in [1.82, 2.24) is 47.9 Å². The number of carbonyl (C=O) groups excluding carboxylic acids is 9. The number of hydrogen-bond acceptors (Lipinski definition) is 35. The van der Waals surface area contributed by atoms with Crippen LogP contribution in [0.25, 0.3) is 0 Å². The quantitative estimate of drug-likeness (QED) is 0.0252. The Kier molecular flexibility index (Phi) is 61.9. The van der Waals surface area contributed by atoms with Gasteiger partial charge >= 0.3 is 0 Å². The molecule has 704 valence electrons. The molecule has 0 spiro atoms. The van der Waals surface area contributed by atoms with Gasteiger partial charge in [0, 0.05) is 136 Å². The fraction of sp³-hybridized carbons (Fsp3) is 0.883. The fourth-order valence-corrected chi connectivity index (χ4v) is 12.5. The molecule has 0 radical (unpaired) electrons. The minimum Gasteiger partial charge on any atom is -0.396 e.